The van der Waals surface area contributed by atoms with Crippen LogP contribution in [0.5, 0.6) is 0 Å². The fraction of sp³-hybridized carbons (Fsp3) is 0.462. The Morgan fingerprint density at radius 3 is 2.60 bits per heavy atom. The Morgan fingerprint density at radius 2 is 2.00 bits per heavy atom. The summed E-state index contributed by atoms with van der Waals surface area (Å²) in [6.07, 6.45) is 0. The van der Waals surface area contributed by atoms with Crippen LogP contribution in [0, 0.1) is 0 Å². The van der Waals surface area contributed by atoms with E-state index in [0.717, 1.165) is 0 Å². The van der Waals surface area contributed by atoms with E-state index in [1.807, 2.05) is 4.90 Å². The average molecular weight is 279 g/mol. The van der Waals surface area contributed by atoms with Crippen molar-refractivity contribution < 1.29 is 19.4 Å². The number of carboxylic acid groups (broad SMARTS) is 1. The lowest BCUT2D eigenvalue weighted by Gasteiger charge is -2.35. The van der Waals surface area contributed by atoms with Crippen molar-refractivity contribution in [3.05, 3.63) is 23.9 Å². The molecule has 1 aromatic heterocycles. The first-order valence-electron chi connectivity index (χ1n) is 6.34. The predicted molar refractivity (Wildman–Crippen MR) is 71.9 cm³/mol. The Hall–Kier alpha value is -2.15. The van der Waals surface area contributed by atoms with Crippen LogP contribution in [0.25, 0.3) is 0 Å². The molecule has 1 fully saturated rings. The van der Waals surface area contributed by atoms with Crippen molar-refractivity contribution in [1.82, 2.24) is 9.88 Å². The second-order valence-corrected chi connectivity index (χ2v) is 4.49. The van der Waals surface area contributed by atoms with E-state index >= 15 is 0 Å². The van der Waals surface area contributed by atoms with E-state index in [2.05, 4.69) is 4.98 Å². The van der Waals surface area contributed by atoms with Crippen molar-refractivity contribution in [3.63, 3.8) is 0 Å². The summed E-state index contributed by atoms with van der Waals surface area (Å²) in [5, 5.41) is 8.93. The maximum Gasteiger partial charge on any atom is 0.354 e. The van der Waals surface area contributed by atoms with Gasteiger partial charge in [0.25, 0.3) is 0 Å². The molecule has 1 saturated heterocycles. The molecule has 1 aliphatic heterocycles. The van der Waals surface area contributed by atoms with Crippen molar-refractivity contribution in [2.24, 2.45) is 0 Å². The molecule has 7 heteroatoms. The van der Waals surface area contributed by atoms with Gasteiger partial charge in [0.15, 0.2) is 5.69 Å². The SMILES string of the molecule is COCC(=O)N1CCN(c2cccc(C(=O)O)n2)CC1. The summed E-state index contributed by atoms with van der Waals surface area (Å²) in [4.78, 5) is 30.4. The number of ether oxygens (including phenoxy) is 1. The third kappa shape index (κ3) is 3.24. The zero-order valence-electron chi connectivity index (χ0n) is 11.3. The maximum atomic E-state index is 11.7. The topological polar surface area (TPSA) is 83.0 Å². The Balaban J connectivity index is 1.98. The molecule has 108 valence electrons. The summed E-state index contributed by atoms with van der Waals surface area (Å²) in [5.41, 5.74) is 0.0281. The van der Waals surface area contributed by atoms with Crippen molar-refractivity contribution >= 4 is 17.7 Å². The van der Waals surface area contributed by atoms with Crippen molar-refractivity contribution in [1.29, 1.82) is 0 Å². The minimum absolute atomic E-state index is 0.0281. The highest BCUT2D eigenvalue weighted by Crippen LogP contribution is 2.14. The van der Waals surface area contributed by atoms with Gasteiger partial charge in [-0.2, -0.15) is 0 Å². The molecular formula is C13H17N3O4. The number of piperazine rings is 1. The minimum atomic E-state index is -1.04. The molecule has 0 aliphatic carbocycles. The Bertz CT molecular complexity index is 498. The molecule has 7 nitrogen and oxygen atoms in total. The lowest BCUT2D eigenvalue weighted by atomic mass is 10.3. The summed E-state index contributed by atoms with van der Waals surface area (Å²) in [6.45, 7) is 2.52. The molecule has 0 atom stereocenters. The largest absolute Gasteiger partial charge is 0.477 e. The van der Waals surface area contributed by atoms with Gasteiger partial charge in [-0.25, -0.2) is 9.78 Å². The first kappa shape index (κ1) is 14.3. The lowest BCUT2D eigenvalue weighted by Crippen LogP contribution is -2.50. The highest BCUT2D eigenvalue weighted by molar-refractivity contribution is 5.85. The molecule has 20 heavy (non-hydrogen) atoms. The molecule has 1 aromatic rings. The normalized spacial score (nSPS) is 15.2. The third-order valence-corrected chi connectivity index (χ3v) is 3.18. The summed E-state index contributed by atoms with van der Waals surface area (Å²) in [5.74, 6) is -0.441. The molecule has 2 heterocycles. The Labute approximate surface area is 116 Å². The van der Waals surface area contributed by atoms with Crippen molar-refractivity contribution in [2.75, 3.05) is 44.8 Å². The molecule has 1 N–H and O–H groups in total. The number of carbonyl (C=O) groups is 2. The number of hydrogen-bond acceptors (Lipinski definition) is 5. The van der Waals surface area contributed by atoms with E-state index in [4.69, 9.17) is 9.84 Å². The quantitative estimate of drug-likeness (QED) is 0.840. The standard InChI is InChI=1S/C13H17N3O4/c1-20-9-12(17)16-7-5-15(6-8-16)11-4-2-3-10(14-11)13(18)19/h2-4H,5-9H2,1H3,(H,18,19). The van der Waals surface area contributed by atoms with E-state index in [0.29, 0.717) is 32.0 Å². The number of amides is 1. The Morgan fingerprint density at radius 1 is 1.30 bits per heavy atom. The van der Waals surface area contributed by atoms with Crippen LogP contribution in [-0.4, -0.2) is 66.8 Å². The number of pyridine rings is 1. The highest BCUT2D eigenvalue weighted by Gasteiger charge is 2.22. The van der Waals surface area contributed by atoms with Crippen LogP contribution < -0.4 is 4.90 Å². The average Bonchev–Trinajstić information content (AvgIpc) is 2.48. The van der Waals surface area contributed by atoms with Gasteiger partial charge in [-0.1, -0.05) is 6.07 Å². The molecule has 0 aromatic carbocycles. The molecule has 1 aliphatic rings. The van der Waals surface area contributed by atoms with Crippen LogP contribution in [0.1, 0.15) is 10.5 Å². The van der Waals surface area contributed by atoms with E-state index in [1.165, 1.54) is 13.2 Å². The van der Waals surface area contributed by atoms with Gasteiger partial charge in [0, 0.05) is 33.3 Å². The van der Waals surface area contributed by atoms with Gasteiger partial charge >= 0.3 is 5.97 Å². The summed E-state index contributed by atoms with van der Waals surface area (Å²) in [7, 11) is 1.50. The second-order valence-electron chi connectivity index (χ2n) is 4.49. The minimum Gasteiger partial charge on any atom is -0.477 e. The number of rotatable bonds is 4. The maximum absolute atomic E-state index is 11.7. The summed E-state index contributed by atoms with van der Waals surface area (Å²) < 4.78 is 4.83. The molecule has 0 bridgehead atoms. The smallest absolute Gasteiger partial charge is 0.354 e. The number of hydrogen-bond donors (Lipinski definition) is 1. The van der Waals surface area contributed by atoms with Gasteiger partial charge in [-0.05, 0) is 12.1 Å². The van der Waals surface area contributed by atoms with Crippen LogP contribution in [0.2, 0.25) is 0 Å². The highest BCUT2D eigenvalue weighted by atomic mass is 16.5. The molecule has 0 saturated carbocycles. The number of nitrogens with zero attached hydrogens (tertiary/aromatic N) is 3. The van der Waals surface area contributed by atoms with Crippen LogP contribution in [0.4, 0.5) is 5.82 Å². The van der Waals surface area contributed by atoms with Gasteiger partial charge in [-0.3, -0.25) is 4.79 Å². The Kier molecular flexibility index (Phi) is 4.52. The van der Waals surface area contributed by atoms with E-state index in [-0.39, 0.29) is 18.2 Å². The monoisotopic (exact) mass is 279 g/mol. The fourth-order valence-electron chi connectivity index (χ4n) is 2.12. The van der Waals surface area contributed by atoms with Crippen molar-refractivity contribution in [2.45, 2.75) is 0 Å². The number of carbonyl (C=O) groups excluding carboxylic acids is 1. The van der Waals surface area contributed by atoms with Gasteiger partial charge < -0.3 is 19.6 Å². The van der Waals surface area contributed by atoms with Crippen molar-refractivity contribution in [3.8, 4) is 0 Å². The molecule has 0 unspecified atom stereocenters. The first-order valence-corrected chi connectivity index (χ1v) is 6.34. The van der Waals surface area contributed by atoms with Crippen LogP contribution >= 0.6 is 0 Å². The number of anilines is 1. The van der Waals surface area contributed by atoms with Gasteiger partial charge in [0.1, 0.15) is 12.4 Å². The predicted octanol–water partition coefficient (Wildman–Crippen LogP) is 0.0748. The van der Waals surface area contributed by atoms with Crippen LogP contribution in [0.3, 0.4) is 0 Å². The van der Waals surface area contributed by atoms with Gasteiger partial charge in [0.2, 0.25) is 5.91 Å². The summed E-state index contributed by atoms with van der Waals surface area (Å²) in [6, 6.07) is 4.91. The molecular weight excluding hydrogens is 262 g/mol. The number of carboxylic acids is 1. The summed E-state index contributed by atoms with van der Waals surface area (Å²) >= 11 is 0. The molecule has 0 spiro atoms. The fourth-order valence-corrected chi connectivity index (χ4v) is 2.12. The second kappa shape index (κ2) is 6.33. The zero-order valence-corrected chi connectivity index (χ0v) is 11.3. The first-order chi connectivity index (χ1) is 9.61. The van der Waals surface area contributed by atoms with E-state index in [9.17, 15) is 9.59 Å². The van der Waals surface area contributed by atoms with Gasteiger partial charge in [-0.15, -0.1) is 0 Å². The third-order valence-electron chi connectivity index (χ3n) is 3.18. The van der Waals surface area contributed by atoms with E-state index in [1.54, 1.807) is 17.0 Å². The molecule has 1 amide bonds. The number of aromatic carboxylic acids is 1. The lowest BCUT2D eigenvalue weighted by molar-refractivity contribution is -0.135. The van der Waals surface area contributed by atoms with Gasteiger partial charge in [0.05, 0.1) is 0 Å². The number of aromatic nitrogens is 1. The van der Waals surface area contributed by atoms with E-state index < -0.39 is 5.97 Å². The molecule has 0 radical (unpaired) electrons. The number of methoxy groups -OCH3 is 1. The molecule has 2 rings (SSSR count). The van der Waals surface area contributed by atoms with Crippen LogP contribution in [-0.2, 0) is 9.53 Å². The zero-order chi connectivity index (χ0) is 14.5. The van der Waals surface area contributed by atoms with Crippen LogP contribution in [0.15, 0.2) is 18.2 Å².